The normalized spacial score (nSPS) is 15.9. The molecular weight excluding hydrogens is 533 g/mol. The molecule has 0 amide bonds. The van der Waals surface area contributed by atoms with E-state index in [9.17, 15) is 26.4 Å². The number of H-pyrrole nitrogens is 1. The maximum atomic E-state index is 13.0. The van der Waals surface area contributed by atoms with Crippen LogP contribution in [0.25, 0.3) is 11.2 Å². The summed E-state index contributed by atoms with van der Waals surface area (Å²) < 4.78 is 67.1. The summed E-state index contributed by atoms with van der Waals surface area (Å²) >= 11 is 6.06. The van der Waals surface area contributed by atoms with Crippen LogP contribution in [0.15, 0.2) is 58.2 Å². The van der Waals surface area contributed by atoms with Crippen LogP contribution in [-0.2, 0) is 22.7 Å². The standard InChI is InChI=1S/C23H20ClF3N6O3S/c24-17-3-1-2-14(12-17)13-33-21-19(30-31-33)22(34)29-20(28-21)15-8-10-32(11-9-15)37(35,36)18-6-4-16(5-7-18)23(25,26)27/h1-7,12,15H,8-11,13H2,(H,28,29,34). The highest BCUT2D eigenvalue weighted by Crippen LogP contribution is 2.32. The first-order valence-electron chi connectivity index (χ1n) is 11.3. The van der Waals surface area contributed by atoms with Crippen molar-refractivity contribution in [3.8, 4) is 0 Å². The number of hydrogen-bond donors (Lipinski definition) is 1. The average Bonchev–Trinajstić information content (AvgIpc) is 3.27. The van der Waals surface area contributed by atoms with Crippen molar-refractivity contribution in [1.82, 2.24) is 29.3 Å². The molecule has 1 fully saturated rings. The van der Waals surface area contributed by atoms with E-state index in [0.29, 0.717) is 35.9 Å². The summed E-state index contributed by atoms with van der Waals surface area (Å²) in [5.41, 5.74) is -0.117. The Morgan fingerprint density at radius 2 is 1.78 bits per heavy atom. The number of fused-ring (bicyclic) bond motifs is 1. The van der Waals surface area contributed by atoms with Crippen molar-refractivity contribution in [2.24, 2.45) is 0 Å². The van der Waals surface area contributed by atoms with Crippen molar-refractivity contribution in [3.63, 3.8) is 0 Å². The number of aromatic amines is 1. The number of hydrogen-bond acceptors (Lipinski definition) is 6. The van der Waals surface area contributed by atoms with Crippen molar-refractivity contribution in [2.45, 2.75) is 36.4 Å². The minimum absolute atomic E-state index is 0.0908. The third-order valence-electron chi connectivity index (χ3n) is 6.27. The number of halogens is 4. The van der Waals surface area contributed by atoms with E-state index >= 15 is 0 Å². The zero-order valence-electron chi connectivity index (χ0n) is 19.1. The highest BCUT2D eigenvalue weighted by Gasteiger charge is 2.33. The van der Waals surface area contributed by atoms with Gasteiger partial charge in [0.25, 0.3) is 5.56 Å². The van der Waals surface area contributed by atoms with Crippen LogP contribution < -0.4 is 5.56 Å². The summed E-state index contributed by atoms with van der Waals surface area (Å²) in [5.74, 6) is 0.171. The van der Waals surface area contributed by atoms with Gasteiger partial charge in [0.2, 0.25) is 10.0 Å². The number of nitrogens with zero attached hydrogens (tertiary/aromatic N) is 5. The predicted octanol–water partition coefficient (Wildman–Crippen LogP) is 3.80. The Balaban J connectivity index is 1.34. The largest absolute Gasteiger partial charge is 0.416 e. The van der Waals surface area contributed by atoms with E-state index in [2.05, 4.69) is 20.3 Å². The Kier molecular flexibility index (Phi) is 6.54. The molecule has 37 heavy (non-hydrogen) atoms. The predicted molar refractivity (Wildman–Crippen MR) is 129 cm³/mol. The molecule has 1 aliphatic rings. The van der Waals surface area contributed by atoms with Crippen LogP contribution >= 0.6 is 11.6 Å². The Morgan fingerprint density at radius 1 is 1.08 bits per heavy atom. The molecular formula is C23H20ClF3N6O3S. The molecule has 0 bridgehead atoms. The number of nitrogens with one attached hydrogen (secondary N) is 1. The lowest BCUT2D eigenvalue weighted by Gasteiger charge is -2.30. The van der Waals surface area contributed by atoms with Crippen LogP contribution in [0.2, 0.25) is 5.02 Å². The van der Waals surface area contributed by atoms with Gasteiger partial charge in [0.05, 0.1) is 17.0 Å². The van der Waals surface area contributed by atoms with Gasteiger partial charge in [-0.25, -0.2) is 18.1 Å². The number of aromatic nitrogens is 5. The van der Waals surface area contributed by atoms with E-state index in [4.69, 9.17) is 11.6 Å². The van der Waals surface area contributed by atoms with Crippen LogP contribution in [0.5, 0.6) is 0 Å². The summed E-state index contributed by atoms with van der Waals surface area (Å²) in [4.78, 5) is 19.8. The molecule has 0 aliphatic carbocycles. The SMILES string of the molecule is O=c1[nH]c(C2CCN(S(=O)(=O)c3ccc(C(F)(F)F)cc3)CC2)nc2c1nnn2Cc1cccc(Cl)c1. The fourth-order valence-electron chi connectivity index (χ4n) is 4.33. The Morgan fingerprint density at radius 3 is 2.43 bits per heavy atom. The lowest BCUT2D eigenvalue weighted by atomic mass is 9.97. The summed E-state index contributed by atoms with van der Waals surface area (Å²) in [6, 6.07) is 10.6. The van der Waals surface area contributed by atoms with Gasteiger partial charge >= 0.3 is 6.18 Å². The molecule has 0 atom stereocenters. The number of benzene rings is 2. The topological polar surface area (TPSA) is 114 Å². The fourth-order valence-corrected chi connectivity index (χ4v) is 6.01. The van der Waals surface area contributed by atoms with Gasteiger partial charge in [-0.3, -0.25) is 4.79 Å². The van der Waals surface area contributed by atoms with E-state index in [1.165, 1.54) is 8.99 Å². The van der Waals surface area contributed by atoms with E-state index in [0.717, 1.165) is 29.8 Å². The monoisotopic (exact) mass is 552 g/mol. The number of piperidine rings is 1. The van der Waals surface area contributed by atoms with Gasteiger partial charge < -0.3 is 4.98 Å². The molecule has 194 valence electrons. The van der Waals surface area contributed by atoms with Gasteiger partial charge in [-0.2, -0.15) is 17.5 Å². The zero-order chi connectivity index (χ0) is 26.4. The first-order valence-corrected chi connectivity index (χ1v) is 13.1. The molecule has 0 spiro atoms. The molecule has 0 saturated carbocycles. The second-order valence-corrected chi connectivity index (χ2v) is 11.1. The molecule has 14 heteroatoms. The van der Waals surface area contributed by atoms with Crippen LogP contribution in [0.3, 0.4) is 0 Å². The second-order valence-electron chi connectivity index (χ2n) is 8.70. The number of rotatable bonds is 5. The Labute approximate surface area is 213 Å². The molecule has 4 aromatic rings. The van der Waals surface area contributed by atoms with Gasteiger partial charge in [-0.05, 0) is 54.8 Å². The maximum absolute atomic E-state index is 13.0. The molecule has 5 rings (SSSR count). The average molecular weight is 553 g/mol. The van der Waals surface area contributed by atoms with Crippen molar-refractivity contribution < 1.29 is 21.6 Å². The molecule has 3 heterocycles. The highest BCUT2D eigenvalue weighted by molar-refractivity contribution is 7.89. The minimum atomic E-state index is -4.55. The third-order valence-corrected chi connectivity index (χ3v) is 8.42. The molecule has 2 aromatic heterocycles. The van der Waals surface area contributed by atoms with Gasteiger partial charge in [0.1, 0.15) is 5.82 Å². The Hall–Kier alpha value is -3.29. The first kappa shape index (κ1) is 25.4. The molecule has 1 N–H and O–H groups in total. The van der Waals surface area contributed by atoms with Crippen molar-refractivity contribution >= 4 is 32.8 Å². The molecule has 9 nitrogen and oxygen atoms in total. The van der Waals surface area contributed by atoms with E-state index in [-0.39, 0.29) is 29.4 Å². The van der Waals surface area contributed by atoms with Gasteiger partial charge in [-0.15, -0.1) is 5.10 Å². The van der Waals surface area contributed by atoms with Gasteiger partial charge in [0.15, 0.2) is 11.2 Å². The van der Waals surface area contributed by atoms with E-state index < -0.39 is 27.3 Å². The highest BCUT2D eigenvalue weighted by atomic mass is 35.5. The quantitative estimate of drug-likeness (QED) is 0.403. The third kappa shape index (κ3) is 5.11. The number of sulfonamides is 1. The first-order chi connectivity index (χ1) is 17.5. The van der Waals surface area contributed by atoms with Crippen molar-refractivity contribution in [1.29, 1.82) is 0 Å². The van der Waals surface area contributed by atoms with Crippen LogP contribution in [0.4, 0.5) is 13.2 Å². The van der Waals surface area contributed by atoms with E-state index in [1.807, 2.05) is 6.07 Å². The molecule has 0 radical (unpaired) electrons. The lowest BCUT2D eigenvalue weighted by molar-refractivity contribution is -0.137. The minimum Gasteiger partial charge on any atom is -0.308 e. The van der Waals surface area contributed by atoms with Crippen LogP contribution in [0.1, 0.15) is 35.7 Å². The van der Waals surface area contributed by atoms with Crippen LogP contribution in [0, 0.1) is 0 Å². The molecule has 2 aromatic carbocycles. The summed E-state index contributed by atoms with van der Waals surface area (Å²) in [6.45, 7) is 0.544. The second kappa shape index (κ2) is 9.54. The molecule has 0 unspecified atom stereocenters. The van der Waals surface area contributed by atoms with Gasteiger partial charge in [-0.1, -0.05) is 28.9 Å². The smallest absolute Gasteiger partial charge is 0.308 e. The van der Waals surface area contributed by atoms with Gasteiger partial charge in [0, 0.05) is 24.0 Å². The number of alkyl halides is 3. The van der Waals surface area contributed by atoms with Crippen molar-refractivity contribution in [2.75, 3.05) is 13.1 Å². The summed E-state index contributed by atoms with van der Waals surface area (Å²) in [6.07, 6.45) is -3.82. The van der Waals surface area contributed by atoms with Crippen LogP contribution in [-0.4, -0.2) is 50.8 Å². The maximum Gasteiger partial charge on any atom is 0.416 e. The molecule has 1 saturated heterocycles. The fraction of sp³-hybridized carbons (Fsp3) is 0.304. The molecule has 1 aliphatic heterocycles. The summed E-state index contributed by atoms with van der Waals surface area (Å²) in [5, 5.41) is 8.55. The zero-order valence-corrected chi connectivity index (χ0v) is 20.7. The van der Waals surface area contributed by atoms with Crippen molar-refractivity contribution in [3.05, 3.63) is 80.9 Å². The Bertz CT molecular complexity index is 1610. The van der Waals surface area contributed by atoms with E-state index in [1.54, 1.807) is 18.2 Å². The summed E-state index contributed by atoms with van der Waals surface area (Å²) in [7, 11) is -3.97. The lowest BCUT2D eigenvalue weighted by Crippen LogP contribution is -2.38.